The first-order valence-electron chi connectivity index (χ1n) is 14.3. The first-order valence-corrected chi connectivity index (χ1v) is 14.3. The number of piperidine rings is 4. The molecule has 4 saturated heterocycles. The van der Waals surface area contributed by atoms with E-state index in [-0.39, 0.29) is 24.2 Å². The van der Waals surface area contributed by atoms with Crippen LogP contribution in [0.3, 0.4) is 0 Å². The lowest BCUT2D eigenvalue weighted by Crippen LogP contribution is -2.54. The third-order valence-corrected chi connectivity index (χ3v) is 8.55. The Morgan fingerprint density at radius 3 is 2.11 bits per heavy atom. The van der Waals surface area contributed by atoms with Crippen LogP contribution >= 0.6 is 0 Å². The van der Waals surface area contributed by atoms with Crippen LogP contribution in [0.4, 0.5) is 11.4 Å². The summed E-state index contributed by atoms with van der Waals surface area (Å²) < 4.78 is 11.9. The van der Waals surface area contributed by atoms with Crippen molar-refractivity contribution in [1.82, 2.24) is 9.80 Å². The second-order valence-electron chi connectivity index (χ2n) is 10.9. The molecule has 4 heterocycles. The topological polar surface area (TPSA) is 45.2 Å². The molecule has 1 unspecified atom stereocenters. The summed E-state index contributed by atoms with van der Waals surface area (Å²) in [6.07, 6.45) is 7.32. The Morgan fingerprint density at radius 1 is 0.838 bits per heavy atom. The molecule has 4 aliphatic heterocycles. The van der Waals surface area contributed by atoms with Crippen LogP contribution in [0, 0.1) is 5.92 Å². The number of likely N-dealkylation sites (tertiary alicyclic amines) is 1. The number of esters is 1. The predicted molar refractivity (Wildman–Crippen MR) is 148 cm³/mol. The molecule has 0 saturated carbocycles. The number of carbonyl (C=O) groups excluding carboxylic acids is 1. The first kappa shape index (κ1) is 26.2. The fourth-order valence-corrected chi connectivity index (χ4v) is 6.46. The molecule has 2 aromatic rings. The largest absolute Gasteiger partial charge is 0.461 e. The van der Waals surface area contributed by atoms with Crippen LogP contribution in [0.15, 0.2) is 60.7 Å². The van der Waals surface area contributed by atoms with E-state index in [0.717, 1.165) is 51.9 Å². The molecule has 4 aliphatic rings. The second-order valence-corrected chi connectivity index (χ2v) is 10.9. The van der Waals surface area contributed by atoms with Crippen molar-refractivity contribution in [2.75, 3.05) is 51.3 Å². The zero-order chi connectivity index (χ0) is 25.5. The number of carbonyl (C=O) groups is 1. The van der Waals surface area contributed by atoms with E-state index < -0.39 is 0 Å². The lowest BCUT2D eigenvalue weighted by molar-refractivity contribution is -0.158. The molecular formula is C31H43N3O3. The molecule has 4 fully saturated rings. The number of para-hydroxylation sites is 2. The highest BCUT2D eigenvalue weighted by atomic mass is 16.5. The Balaban J connectivity index is 1.07. The summed E-state index contributed by atoms with van der Waals surface area (Å²) in [5.41, 5.74) is 2.42. The van der Waals surface area contributed by atoms with E-state index in [9.17, 15) is 4.79 Å². The third kappa shape index (κ3) is 6.73. The molecule has 2 bridgehead atoms. The van der Waals surface area contributed by atoms with Gasteiger partial charge in [-0.1, -0.05) is 42.8 Å². The minimum absolute atomic E-state index is 0.000858. The Kier molecular flexibility index (Phi) is 9.14. The van der Waals surface area contributed by atoms with Crippen molar-refractivity contribution in [2.45, 2.75) is 63.2 Å². The van der Waals surface area contributed by atoms with Gasteiger partial charge in [0, 0.05) is 44.5 Å². The van der Waals surface area contributed by atoms with Crippen LogP contribution in [-0.4, -0.2) is 80.4 Å². The summed E-state index contributed by atoms with van der Waals surface area (Å²) in [6.45, 7) is 6.34. The van der Waals surface area contributed by atoms with Gasteiger partial charge in [-0.05, 0) is 81.9 Å². The smallest absolute Gasteiger partial charge is 0.306 e. The zero-order valence-corrected chi connectivity index (χ0v) is 22.3. The van der Waals surface area contributed by atoms with Gasteiger partial charge in [-0.3, -0.25) is 9.69 Å². The molecule has 0 aliphatic carbocycles. The molecule has 6 heteroatoms. The van der Waals surface area contributed by atoms with Gasteiger partial charge in [-0.15, -0.1) is 0 Å². The fourth-order valence-electron chi connectivity index (χ4n) is 6.46. The SMILES string of the molecule is CO[C@H]1CN(CCCCCC(=O)OC2CN3CCC2CC3)CC[C@H]1N(c1ccccc1)c1ccccc1. The molecule has 200 valence electrons. The van der Waals surface area contributed by atoms with Crippen molar-refractivity contribution in [3.8, 4) is 0 Å². The third-order valence-electron chi connectivity index (χ3n) is 8.55. The van der Waals surface area contributed by atoms with E-state index in [1.54, 1.807) is 0 Å². The number of hydrogen-bond donors (Lipinski definition) is 0. The zero-order valence-electron chi connectivity index (χ0n) is 22.3. The highest BCUT2D eigenvalue weighted by Gasteiger charge is 2.36. The van der Waals surface area contributed by atoms with Crippen LogP contribution in [0.2, 0.25) is 0 Å². The van der Waals surface area contributed by atoms with Gasteiger partial charge in [0.25, 0.3) is 0 Å². The lowest BCUT2D eigenvalue weighted by atomic mass is 9.86. The monoisotopic (exact) mass is 505 g/mol. The number of unbranched alkanes of at least 4 members (excludes halogenated alkanes) is 2. The number of fused-ring (bicyclic) bond motifs is 3. The molecule has 37 heavy (non-hydrogen) atoms. The summed E-state index contributed by atoms with van der Waals surface area (Å²) in [5, 5.41) is 0. The van der Waals surface area contributed by atoms with Gasteiger partial charge < -0.3 is 19.3 Å². The minimum Gasteiger partial charge on any atom is -0.461 e. The van der Waals surface area contributed by atoms with Crippen molar-refractivity contribution in [3.05, 3.63) is 60.7 Å². The quantitative estimate of drug-likeness (QED) is 0.312. The maximum absolute atomic E-state index is 12.4. The van der Waals surface area contributed by atoms with Crippen LogP contribution in [0.1, 0.15) is 44.9 Å². The van der Waals surface area contributed by atoms with Gasteiger partial charge >= 0.3 is 5.97 Å². The Labute approximate surface area is 222 Å². The number of benzene rings is 2. The van der Waals surface area contributed by atoms with Gasteiger partial charge in [0.15, 0.2) is 0 Å². The molecule has 0 N–H and O–H groups in total. The van der Waals surface area contributed by atoms with E-state index in [0.29, 0.717) is 12.3 Å². The van der Waals surface area contributed by atoms with E-state index in [2.05, 4.69) is 75.4 Å². The average Bonchev–Trinajstić information content (AvgIpc) is 2.95. The van der Waals surface area contributed by atoms with Crippen LogP contribution in [0.5, 0.6) is 0 Å². The van der Waals surface area contributed by atoms with Crippen molar-refractivity contribution in [3.63, 3.8) is 0 Å². The second kappa shape index (κ2) is 12.9. The molecule has 0 amide bonds. The van der Waals surface area contributed by atoms with Gasteiger partial charge in [0.1, 0.15) is 6.10 Å². The molecule has 0 aromatic heterocycles. The maximum atomic E-state index is 12.4. The minimum atomic E-state index is 0.000858. The van der Waals surface area contributed by atoms with E-state index >= 15 is 0 Å². The highest BCUT2D eigenvalue weighted by Crippen LogP contribution is 2.33. The van der Waals surface area contributed by atoms with Crippen molar-refractivity contribution in [2.24, 2.45) is 5.92 Å². The summed E-state index contributed by atoms with van der Waals surface area (Å²) in [7, 11) is 1.84. The molecule has 6 nitrogen and oxygen atoms in total. The summed E-state index contributed by atoms with van der Waals surface area (Å²) in [4.78, 5) is 19.8. The number of hydrogen-bond acceptors (Lipinski definition) is 6. The van der Waals surface area contributed by atoms with Crippen LogP contribution in [0.25, 0.3) is 0 Å². The Morgan fingerprint density at radius 2 is 1.51 bits per heavy atom. The van der Waals surface area contributed by atoms with E-state index in [1.807, 2.05) is 7.11 Å². The Bertz CT molecular complexity index is 925. The van der Waals surface area contributed by atoms with Crippen LogP contribution in [-0.2, 0) is 14.3 Å². The van der Waals surface area contributed by atoms with Gasteiger partial charge in [-0.25, -0.2) is 0 Å². The van der Waals surface area contributed by atoms with Gasteiger partial charge in [0.2, 0.25) is 0 Å². The summed E-state index contributed by atoms with van der Waals surface area (Å²) in [6, 6.07) is 21.6. The predicted octanol–water partition coefficient (Wildman–Crippen LogP) is 5.11. The molecule has 3 atom stereocenters. The number of ether oxygens (including phenoxy) is 2. The molecule has 6 rings (SSSR count). The standard InChI is InChI=1S/C31H43N3O3/c1-36-30-24-32(19-10-4-9-15-31(35)37-29-23-33-20-16-25(29)17-21-33)22-18-28(30)34(26-11-5-2-6-12-26)27-13-7-3-8-14-27/h2-3,5-8,11-14,25,28-30H,4,9-10,15-24H2,1H3/t28-,29?,30+/m1/s1. The average molecular weight is 506 g/mol. The molecular weight excluding hydrogens is 462 g/mol. The summed E-state index contributed by atoms with van der Waals surface area (Å²) >= 11 is 0. The maximum Gasteiger partial charge on any atom is 0.306 e. The molecule has 0 spiro atoms. The highest BCUT2D eigenvalue weighted by molar-refractivity contribution is 5.69. The van der Waals surface area contributed by atoms with Crippen molar-refractivity contribution >= 4 is 17.3 Å². The fraction of sp³-hybridized carbons (Fsp3) is 0.581. The van der Waals surface area contributed by atoms with Crippen molar-refractivity contribution in [1.29, 1.82) is 0 Å². The van der Waals surface area contributed by atoms with Crippen molar-refractivity contribution < 1.29 is 14.3 Å². The van der Waals surface area contributed by atoms with E-state index in [4.69, 9.17) is 9.47 Å². The number of methoxy groups -OCH3 is 1. The summed E-state index contributed by atoms with van der Waals surface area (Å²) in [5.74, 6) is 0.589. The molecule has 0 radical (unpaired) electrons. The van der Waals surface area contributed by atoms with E-state index in [1.165, 1.54) is 37.3 Å². The number of rotatable bonds is 11. The van der Waals surface area contributed by atoms with Crippen LogP contribution < -0.4 is 4.90 Å². The Hall–Kier alpha value is -2.41. The first-order chi connectivity index (χ1) is 18.2. The van der Waals surface area contributed by atoms with Gasteiger partial charge in [-0.2, -0.15) is 0 Å². The normalized spacial score (nSPS) is 27.6. The molecule has 2 aromatic carbocycles. The number of anilines is 2. The lowest BCUT2D eigenvalue weighted by Gasteiger charge is -2.44. The number of nitrogens with zero attached hydrogens (tertiary/aromatic N) is 3. The van der Waals surface area contributed by atoms with Gasteiger partial charge in [0.05, 0.1) is 12.1 Å².